The summed E-state index contributed by atoms with van der Waals surface area (Å²) < 4.78 is 13.0. The maximum Gasteiger partial charge on any atom is 0.255 e. The molecular weight excluding hydrogens is 233 g/mol. The van der Waals surface area contributed by atoms with Gasteiger partial charge in [-0.2, -0.15) is 0 Å². The first-order valence-corrected chi connectivity index (χ1v) is 6.01. The molecule has 1 amide bonds. The van der Waals surface area contributed by atoms with E-state index in [0.717, 1.165) is 12.1 Å². The number of hydrogen-bond donors (Lipinski definition) is 2. The number of halogens is 1. The highest BCUT2D eigenvalue weighted by Crippen LogP contribution is 2.25. The number of hydrogen-bond acceptors (Lipinski definition) is 2. The third-order valence-corrected chi connectivity index (χ3v) is 3.47. The highest BCUT2D eigenvalue weighted by atomic mass is 19.1. The lowest BCUT2D eigenvalue weighted by molar-refractivity contribution is 0.0921. The Balaban J connectivity index is 2.75. The molecule has 0 fully saturated rings. The molecule has 0 bridgehead atoms. The summed E-state index contributed by atoms with van der Waals surface area (Å²) in [5.74, 6) is -0.808. The van der Waals surface area contributed by atoms with Gasteiger partial charge in [0.1, 0.15) is 11.6 Å². The summed E-state index contributed by atoms with van der Waals surface area (Å²) in [6, 6.07) is 3.33. The molecule has 1 aromatic carbocycles. The zero-order valence-corrected chi connectivity index (χ0v) is 11.2. The smallest absolute Gasteiger partial charge is 0.255 e. The highest BCUT2D eigenvalue weighted by Gasteiger charge is 2.23. The summed E-state index contributed by atoms with van der Waals surface area (Å²) in [6.07, 6.45) is 0. The van der Waals surface area contributed by atoms with E-state index in [4.69, 9.17) is 0 Å². The number of amides is 1. The van der Waals surface area contributed by atoms with E-state index in [1.807, 2.05) is 13.8 Å². The quantitative estimate of drug-likeness (QED) is 0.866. The van der Waals surface area contributed by atoms with Gasteiger partial charge >= 0.3 is 0 Å². The van der Waals surface area contributed by atoms with Gasteiger partial charge in [-0.05, 0) is 29.5 Å². The molecule has 0 aromatic heterocycles. The normalized spacial score (nSPS) is 11.7. The van der Waals surface area contributed by atoms with Crippen LogP contribution in [0.15, 0.2) is 18.2 Å². The second-order valence-electron chi connectivity index (χ2n) is 5.49. The molecule has 0 unspecified atom stereocenters. The van der Waals surface area contributed by atoms with Gasteiger partial charge in [0.2, 0.25) is 0 Å². The molecule has 0 saturated heterocycles. The van der Waals surface area contributed by atoms with Crippen molar-refractivity contribution in [1.29, 1.82) is 0 Å². The zero-order valence-electron chi connectivity index (χ0n) is 11.2. The molecule has 0 atom stereocenters. The largest absolute Gasteiger partial charge is 0.507 e. The molecule has 0 heterocycles. The molecule has 18 heavy (non-hydrogen) atoms. The standard InChI is InChI=1S/C14H20FNO2/c1-9(2)14(3,4)8-16-13(18)11-7-10(15)5-6-12(11)17/h5-7,9,17H,8H2,1-4H3,(H,16,18). The third kappa shape index (κ3) is 3.45. The Morgan fingerprint density at radius 2 is 2.06 bits per heavy atom. The predicted molar refractivity (Wildman–Crippen MR) is 69.0 cm³/mol. The van der Waals surface area contributed by atoms with Crippen molar-refractivity contribution in [1.82, 2.24) is 5.32 Å². The fourth-order valence-electron chi connectivity index (χ4n) is 1.30. The molecule has 0 aliphatic rings. The number of carbonyl (C=O) groups excluding carboxylic acids is 1. The number of phenolic OH excluding ortho intramolecular Hbond substituents is 1. The van der Waals surface area contributed by atoms with E-state index < -0.39 is 11.7 Å². The molecule has 0 aliphatic heterocycles. The molecule has 0 aliphatic carbocycles. The van der Waals surface area contributed by atoms with Gasteiger partial charge in [-0.1, -0.05) is 27.7 Å². The number of rotatable bonds is 4. The molecule has 2 N–H and O–H groups in total. The van der Waals surface area contributed by atoms with Gasteiger partial charge in [0.15, 0.2) is 0 Å². The number of aromatic hydroxyl groups is 1. The van der Waals surface area contributed by atoms with Gasteiger partial charge < -0.3 is 10.4 Å². The second kappa shape index (κ2) is 5.38. The molecule has 0 saturated carbocycles. The van der Waals surface area contributed by atoms with E-state index in [0.29, 0.717) is 12.5 Å². The van der Waals surface area contributed by atoms with Gasteiger partial charge in [-0.15, -0.1) is 0 Å². The average Bonchev–Trinajstić information content (AvgIpc) is 2.29. The fourth-order valence-corrected chi connectivity index (χ4v) is 1.30. The van der Waals surface area contributed by atoms with Crippen LogP contribution < -0.4 is 5.32 Å². The van der Waals surface area contributed by atoms with Crippen molar-refractivity contribution >= 4 is 5.91 Å². The maximum absolute atomic E-state index is 13.0. The number of benzene rings is 1. The first kappa shape index (κ1) is 14.5. The molecule has 1 rings (SSSR count). The van der Waals surface area contributed by atoms with Crippen LogP contribution in [0.5, 0.6) is 5.75 Å². The van der Waals surface area contributed by atoms with Crippen molar-refractivity contribution < 1.29 is 14.3 Å². The van der Waals surface area contributed by atoms with E-state index in [2.05, 4.69) is 19.2 Å². The Labute approximate surface area is 107 Å². The van der Waals surface area contributed by atoms with Gasteiger partial charge in [0, 0.05) is 6.54 Å². The molecule has 0 radical (unpaired) electrons. The zero-order chi connectivity index (χ0) is 13.9. The molecular formula is C14H20FNO2. The molecule has 1 aromatic rings. The number of phenols is 1. The van der Waals surface area contributed by atoms with E-state index >= 15 is 0 Å². The van der Waals surface area contributed by atoms with Crippen LogP contribution in [0, 0.1) is 17.2 Å². The van der Waals surface area contributed by atoms with Crippen LogP contribution in [-0.4, -0.2) is 17.6 Å². The van der Waals surface area contributed by atoms with Crippen LogP contribution in [0.1, 0.15) is 38.1 Å². The summed E-state index contributed by atoms with van der Waals surface area (Å²) in [5.41, 5.74) is -0.0898. The Kier molecular flexibility index (Phi) is 4.33. The van der Waals surface area contributed by atoms with Crippen molar-refractivity contribution in [2.24, 2.45) is 11.3 Å². The molecule has 4 heteroatoms. The van der Waals surface area contributed by atoms with E-state index in [9.17, 15) is 14.3 Å². The maximum atomic E-state index is 13.0. The highest BCUT2D eigenvalue weighted by molar-refractivity contribution is 5.96. The third-order valence-electron chi connectivity index (χ3n) is 3.47. The monoisotopic (exact) mass is 253 g/mol. The Hall–Kier alpha value is -1.58. The van der Waals surface area contributed by atoms with Crippen LogP contribution in [0.4, 0.5) is 4.39 Å². The Morgan fingerprint density at radius 3 is 2.61 bits per heavy atom. The summed E-state index contributed by atoms with van der Waals surface area (Å²) >= 11 is 0. The Bertz CT molecular complexity index is 441. The minimum atomic E-state index is -0.541. The molecule has 3 nitrogen and oxygen atoms in total. The van der Waals surface area contributed by atoms with Gasteiger partial charge in [-0.3, -0.25) is 4.79 Å². The van der Waals surface area contributed by atoms with Crippen LogP contribution in [-0.2, 0) is 0 Å². The SMILES string of the molecule is CC(C)C(C)(C)CNC(=O)c1cc(F)ccc1O. The van der Waals surface area contributed by atoms with Gasteiger partial charge in [-0.25, -0.2) is 4.39 Å². The van der Waals surface area contributed by atoms with Crippen molar-refractivity contribution in [3.63, 3.8) is 0 Å². The van der Waals surface area contributed by atoms with E-state index in [-0.39, 0.29) is 16.7 Å². The average molecular weight is 253 g/mol. The predicted octanol–water partition coefficient (Wildman–Crippen LogP) is 2.94. The molecule has 100 valence electrons. The summed E-state index contributed by atoms with van der Waals surface area (Å²) in [4.78, 5) is 11.8. The fraction of sp³-hybridized carbons (Fsp3) is 0.500. The van der Waals surface area contributed by atoms with Crippen LogP contribution in [0.3, 0.4) is 0 Å². The van der Waals surface area contributed by atoms with E-state index in [1.165, 1.54) is 6.07 Å². The van der Waals surface area contributed by atoms with Crippen LogP contribution in [0.25, 0.3) is 0 Å². The topological polar surface area (TPSA) is 49.3 Å². The van der Waals surface area contributed by atoms with Crippen molar-refractivity contribution in [2.45, 2.75) is 27.7 Å². The van der Waals surface area contributed by atoms with Gasteiger partial charge in [0.25, 0.3) is 5.91 Å². The summed E-state index contributed by atoms with van der Waals surface area (Å²) in [7, 11) is 0. The Morgan fingerprint density at radius 1 is 1.44 bits per heavy atom. The minimum absolute atomic E-state index is 0.0328. The van der Waals surface area contributed by atoms with E-state index in [1.54, 1.807) is 0 Å². The summed E-state index contributed by atoms with van der Waals surface area (Å²) in [5, 5.41) is 12.2. The van der Waals surface area contributed by atoms with Crippen LogP contribution in [0.2, 0.25) is 0 Å². The first-order valence-electron chi connectivity index (χ1n) is 6.01. The van der Waals surface area contributed by atoms with Crippen molar-refractivity contribution in [2.75, 3.05) is 6.54 Å². The number of nitrogens with one attached hydrogen (secondary N) is 1. The molecule has 0 spiro atoms. The lowest BCUT2D eigenvalue weighted by atomic mass is 9.81. The van der Waals surface area contributed by atoms with Crippen molar-refractivity contribution in [3.05, 3.63) is 29.6 Å². The van der Waals surface area contributed by atoms with Crippen LogP contribution >= 0.6 is 0 Å². The first-order chi connectivity index (χ1) is 8.24. The minimum Gasteiger partial charge on any atom is -0.507 e. The lowest BCUT2D eigenvalue weighted by Crippen LogP contribution is -2.37. The number of carbonyl (C=O) groups is 1. The van der Waals surface area contributed by atoms with Gasteiger partial charge in [0.05, 0.1) is 5.56 Å². The lowest BCUT2D eigenvalue weighted by Gasteiger charge is -2.29. The second-order valence-corrected chi connectivity index (χ2v) is 5.49. The summed E-state index contributed by atoms with van der Waals surface area (Å²) in [6.45, 7) is 8.71. The van der Waals surface area contributed by atoms with Crippen molar-refractivity contribution in [3.8, 4) is 5.75 Å².